The molecular formula is C17H27FN2. The van der Waals surface area contributed by atoms with Gasteiger partial charge in [0.05, 0.1) is 5.69 Å². The first kappa shape index (κ1) is 15.3. The summed E-state index contributed by atoms with van der Waals surface area (Å²) in [6.07, 6.45) is 5.07. The van der Waals surface area contributed by atoms with E-state index in [1.165, 1.54) is 31.7 Å². The van der Waals surface area contributed by atoms with Crippen LogP contribution in [0.15, 0.2) is 24.3 Å². The molecule has 0 bridgehead atoms. The molecule has 2 nitrogen and oxygen atoms in total. The molecule has 0 amide bonds. The van der Waals surface area contributed by atoms with E-state index < -0.39 is 0 Å². The van der Waals surface area contributed by atoms with Gasteiger partial charge in [0, 0.05) is 19.6 Å². The molecule has 3 atom stereocenters. The molecule has 1 saturated carbocycles. The van der Waals surface area contributed by atoms with E-state index in [1.807, 2.05) is 26.2 Å². The van der Waals surface area contributed by atoms with Gasteiger partial charge in [-0.05, 0) is 50.3 Å². The maximum atomic E-state index is 13.9. The van der Waals surface area contributed by atoms with E-state index in [-0.39, 0.29) is 5.82 Å². The summed E-state index contributed by atoms with van der Waals surface area (Å²) in [5, 5.41) is 3.45. The predicted molar refractivity (Wildman–Crippen MR) is 83.6 cm³/mol. The van der Waals surface area contributed by atoms with Crippen molar-refractivity contribution in [1.82, 2.24) is 5.32 Å². The van der Waals surface area contributed by atoms with Crippen LogP contribution >= 0.6 is 0 Å². The second-order valence-corrected chi connectivity index (χ2v) is 6.07. The molecule has 3 heteroatoms. The molecule has 0 radical (unpaired) electrons. The summed E-state index contributed by atoms with van der Waals surface area (Å²) >= 11 is 0. The number of benzene rings is 1. The van der Waals surface area contributed by atoms with Crippen molar-refractivity contribution in [1.29, 1.82) is 0 Å². The molecule has 1 aliphatic carbocycles. The lowest BCUT2D eigenvalue weighted by Gasteiger charge is -2.38. The zero-order valence-corrected chi connectivity index (χ0v) is 12.9. The molecule has 1 N–H and O–H groups in total. The highest BCUT2D eigenvalue weighted by Gasteiger charge is 2.29. The fourth-order valence-corrected chi connectivity index (χ4v) is 3.53. The molecule has 112 valence electrons. The Hall–Kier alpha value is -1.09. The average molecular weight is 278 g/mol. The Kier molecular flexibility index (Phi) is 5.41. The minimum atomic E-state index is -0.126. The summed E-state index contributed by atoms with van der Waals surface area (Å²) in [4.78, 5) is 2.07. The van der Waals surface area contributed by atoms with E-state index >= 15 is 0 Å². The Morgan fingerprint density at radius 2 is 2.05 bits per heavy atom. The van der Waals surface area contributed by atoms with Crippen molar-refractivity contribution in [2.75, 3.05) is 25.5 Å². The minimum Gasteiger partial charge on any atom is -0.372 e. The SMILES string of the molecule is CCC1CCC(NC)C(CN(C)c2ccccc2F)C1. The van der Waals surface area contributed by atoms with Crippen molar-refractivity contribution in [3.63, 3.8) is 0 Å². The number of nitrogens with zero attached hydrogens (tertiary/aromatic N) is 1. The molecule has 1 aromatic rings. The molecule has 20 heavy (non-hydrogen) atoms. The monoisotopic (exact) mass is 278 g/mol. The second-order valence-electron chi connectivity index (χ2n) is 6.07. The number of rotatable bonds is 5. The summed E-state index contributed by atoms with van der Waals surface area (Å²) in [6, 6.07) is 7.62. The fraction of sp³-hybridized carbons (Fsp3) is 0.647. The van der Waals surface area contributed by atoms with Crippen LogP contribution < -0.4 is 10.2 Å². The van der Waals surface area contributed by atoms with Crippen molar-refractivity contribution >= 4 is 5.69 Å². The molecule has 0 aliphatic heterocycles. The van der Waals surface area contributed by atoms with Crippen molar-refractivity contribution in [2.24, 2.45) is 11.8 Å². The van der Waals surface area contributed by atoms with Crippen LogP contribution in [-0.2, 0) is 0 Å². The third-order valence-electron chi connectivity index (χ3n) is 4.81. The van der Waals surface area contributed by atoms with E-state index in [2.05, 4.69) is 17.1 Å². The highest BCUT2D eigenvalue weighted by molar-refractivity contribution is 5.46. The van der Waals surface area contributed by atoms with Crippen LogP contribution in [0, 0.1) is 17.7 Å². The highest BCUT2D eigenvalue weighted by Crippen LogP contribution is 2.32. The average Bonchev–Trinajstić information content (AvgIpc) is 2.47. The molecule has 1 aliphatic rings. The van der Waals surface area contributed by atoms with Crippen molar-refractivity contribution in [2.45, 2.75) is 38.6 Å². The number of hydrogen-bond acceptors (Lipinski definition) is 2. The van der Waals surface area contributed by atoms with Gasteiger partial charge in [0.15, 0.2) is 0 Å². The number of halogens is 1. The van der Waals surface area contributed by atoms with Gasteiger partial charge in [-0.3, -0.25) is 0 Å². The molecule has 0 heterocycles. The van der Waals surface area contributed by atoms with E-state index in [0.29, 0.717) is 17.6 Å². The third-order valence-corrected chi connectivity index (χ3v) is 4.81. The molecule has 2 rings (SSSR count). The predicted octanol–water partition coefficient (Wildman–Crippen LogP) is 3.68. The maximum absolute atomic E-state index is 13.9. The van der Waals surface area contributed by atoms with E-state index in [0.717, 1.165) is 12.5 Å². The zero-order valence-electron chi connectivity index (χ0n) is 12.9. The van der Waals surface area contributed by atoms with Gasteiger partial charge in [-0.2, -0.15) is 0 Å². The summed E-state index contributed by atoms with van der Waals surface area (Å²) in [7, 11) is 4.05. The molecular weight excluding hydrogens is 251 g/mol. The molecule has 1 aromatic carbocycles. The van der Waals surface area contributed by atoms with Gasteiger partial charge in [-0.15, -0.1) is 0 Å². The standard InChI is InChI=1S/C17H27FN2/c1-4-13-9-10-16(19-2)14(11-13)12-20(3)17-8-6-5-7-15(17)18/h5-8,13-14,16,19H,4,9-12H2,1-3H3. The number of anilines is 1. The van der Waals surface area contributed by atoms with Crippen molar-refractivity contribution in [3.05, 3.63) is 30.1 Å². The Balaban J connectivity index is 2.04. The van der Waals surface area contributed by atoms with E-state index in [4.69, 9.17) is 0 Å². The van der Waals surface area contributed by atoms with Gasteiger partial charge in [0.2, 0.25) is 0 Å². The Labute approximate surface area is 122 Å². The lowest BCUT2D eigenvalue weighted by Crippen LogP contribution is -2.44. The molecule has 0 spiro atoms. The Morgan fingerprint density at radius 1 is 1.30 bits per heavy atom. The van der Waals surface area contributed by atoms with Gasteiger partial charge in [-0.25, -0.2) is 4.39 Å². The lowest BCUT2D eigenvalue weighted by atomic mass is 9.76. The van der Waals surface area contributed by atoms with Crippen LogP contribution in [0.25, 0.3) is 0 Å². The van der Waals surface area contributed by atoms with Crippen LogP contribution in [0.1, 0.15) is 32.6 Å². The van der Waals surface area contributed by atoms with Gasteiger partial charge >= 0.3 is 0 Å². The van der Waals surface area contributed by atoms with E-state index in [1.54, 1.807) is 6.07 Å². The van der Waals surface area contributed by atoms with Gasteiger partial charge in [-0.1, -0.05) is 25.5 Å². The second kappa shape index (κ2) is 7.07. The minimum absolute atomic E-state index is 0.126. The largest absolute Gasteiger partial charge is 0.372 e. The first-order chi connectivity index (χ1) is 9.65. The van der Waals surface area contributed by atoms with Crippen LogP contribution in [0.3, 0.4) is 0 Å². The first-order valence-corrected chi connectivity index (χ1v) is 7.78. The van der Waals surface area contributed by atoms with Crippen LogP contribution in [-0.4, -0.2) is 26.7 Å². The Bertz CT molecular complexity index is 421. The van der Waals surface area contributed by atoms with Crippen LogP contribution in [0.5, 0.6) is 0 Å². The summed E-state index contributed by atoms with van der Waals surface area (Å²) < 4.78 is 13.9. The zero-order chi connectivity index (χ0) is 14.5. The van der Waals surface area contributed by atoms with Crippen LogP contribution in [0.4, 0.5) is 10.1 Å². The van der Waals surface area contributed by atoms with Gasteiger partial charge in [0.25, 0.3) is 0 Å². The summed E-state index contributed by atoms with van der Waals surface area (Å²) in [6.45, 7) is 3.20. The van der Waals surface area contributed by atoms with Gasteiger partial charge < -0.3 is 10.2 Å². The van der Waals surface area contributed by atoms with Gasteiger partial charge in [0.1, 0.15) is 5.82 Å². The fourth-order valence-electron chi connectivity index (χ4n) is 3.53. The summed E-state index contributed by atoms with van der Waals surface area (Å²) in [5.74, 6) is 1.31. The maximum Gasteiger partial charge on any atom is 0.146 e. The van der Waals surface area contributed by atoms with Crippen LogP contribution in [0.2, 0.25) is 0 Å². The molecule has 0 saturated heterocycles. The molecule has 3 unspecified atom stereocenters. The highest BCUT2D eigenvalue weighted by atomic mass is 19.1. The van der Waals surface area contributed by atoms with E-state index in [9.17, 15) is 4.39 Å². The normalized spacial score (nSPS) is 26.5. The number of para-hydroxylation sites is 1. The summed E-state index contributed by atoms with van der Waals surface area (Å²) in [5.41, 5.74) is 0.709. The van der Waals surface area contributed by atoms with Crippen molar-refractivity contribution in [3.8, 4) is 0 Å². The van der Waals surface area contributed by atoms with Crippen molar-refractivity contribution < 1.29 is 4.39 Å². The topological polar surface area (TPSA) is 15.3 Å². The number of hydrogen-bond donors (Lipinski definition) is 1. The quantitative estimate of drug-likeness (QED) is 0.884. The Morgan fingerprint density at radius 3 is 2.70 bits per heavy atom. The molecule has 0 aromatic heterocycles. The first-order valence-electron chi connectivity index (χ1n) is 7.78. The number of nitrogens with one attached hydrogen (secondary N) is 1. The lowest BCUT2D eigenvalue weighted by molar-refractivity contribution is 0.210. The smallest absolute Gasteiger partial charge is 0.146 e. The third kappa shape index (κ3) is 3.51. The molecule has 1 fully saturated rings.